The Labute approximate surface area is 178 Å². The van der Waals surface area contributed by atoms with Crippen molar-refractivity contribution >= 4 is 36.0 Å². The monoisotopic (exact) mass is 423 g/mol. The number of hydrogen-bond acceptors (Lipinski definition) is 4. The van der Waals surface area contributed by atoms with Gasteiger partial charge in [0.2, 0.25) is 5.91 Å². The van der Waals surface area contributed by atoms with Crippen molar-refractivity contribution in [3.05, 3.63) is 47.0 Å². The molecule has 5 nitrogen and oxygen atoms in total. The van der Waals surface area contributed by atoms with Crippen molar-refractivity contribution < 1.29 is 9.59 Å². The Morgan fingerprint density at radius 2 is 1.96 bits per heavy atom. The molecule has 0 radical (unpaired) electrons. The maximum absolute atomic E-state index is 12.9. The molecule has 1 unspecified atom stereocenters. The highest BCUT2D eigenvalue weighted by Crippen LogP contribution is 2.26. The summed E-state index contributed by atoms with van der Waals surface area (Å²) in [5.41, 5.74) is 3.14. The van der Waals surface area contributed by atoms with Crippen molar-refractivity contribution in [1.82, 2.24) is 15.5 Å². The number of nitrogens with zero attached hydrogens (tertiary/aromatic N) is 1. The molecule has 2 aliphatic heterocycles. The number of rotatable bonds is 4. The molecule has 0 aromatic heterocycles. The van der Waals surface area contributed by atoms with Crippen LogP contribution in [0.4, 0.5) is 0 Å². The van der Waals surface area contributed by atoms with Gasteiger partial charge in [-0.2, -0.15) is 0 Å². The number of thioether (sulfide) groups is 1. The number of hydrogen-bond donors (Lipinski definition) is 2. The summed E-state index contributed by atoms with van der Waals surface area (Å²) in [6.07, 6.45) is 3.09. The number of nitrogens with one attached hydrogen (secondary N) is 2. The topological polar surface area (TPSA) is 61.4 Å². The van der Waals surface area contributed by atoms with Crippen molar-refractivity contribution in [2.75, 3.05) is 31.3 Å². The molecule has 0 spiro atoms. The standard InChI is InChI=1S/C21H29N3O2S.ClH/c1-21(2,3)17-6-4-16(5-7-17)20(26)24-14-27-13-18(24)19(25)23-12-15-8-10-22-11-9-15;/h4-8,18,22H,9-14H2,1-3H3,(H,23,25);1H. The maximum Gasteiger partial charge on any atom is 0.255 e. The van der Waals surface area contributed by atoms with Crippen molar-refractivity contribution in [3.8, 4) is 0 Å². The number of amides is 2. The van der Waals surface area contributed by atoms with Gasteiger partial charge in [-0.1, -0.05) is 44.6 Å². The Morgan fingerprint density at radius 1 is 1.25 bits per heavy atom. The molecule has 1 saturated heterocycles. The minimum Gasteiger partial charge on any atom is -0.351 e. The SMILES string of the molecule is CC(C)(C)c1ccc(C(=O)N2CSCC2C(=O)NCC2=CCNCC2)cc1.Cl. The smallest absolute Gasteiger partial charge is 0.255 e. The number of carbonyl (C=O) groups is 2. The zero-order valence-corrected chi connectivity index (χ0v) is 18.4. The fourth-order valence-corrected chi connectivity index (χ4v) is 4.44. The second-order valence-electron chi connectivity index (χ2n) is 8.15. The second-order valence-corrected chi connectivity index (χ2v) is 9.15. The van der Waals surface area contributed by atoms with Crippen molar-refractivity contribution in [3.63, 3.8) is 0 Å². The molecule has 2 amide bonds. The Balaban J connectivity index is 0.00000280. The summed E-state index contributed by atoms with van der Waals surface area (Å²) in [4.78, 5) is 27.3. The van der Waals surface area contributed by atoms with Crippen LogP contribution in [0.1, 0.15) is 43.1 Å². The highest BCUT2D eigenvalue weighted by Gasteiger charge is 2.35. The van der Waals surface area contributed by atoms with Gasteiger partial charge in [0.05, 0.1) is 5.88 Å². The van der Waals surface area contributed by atoms with Gasteiger partial charge in [-0.3, -0.25) is 9.59 Å². The van der Waals surface area contributed by atoms with E-state index in [-0.39, 0.29) is 29.6 Å². The first-order valence-corrected chi connectivity index (χ1v) is 10.7. The third kappa shape index (κ3) is 5.52. The minimum absolute atomic E-state index is 0. The lowest BCUT2D eigenvalue weighted by Gasteiger charge is -2.24. The van der Waals surface area contributed by atoms with Crippen LogP contribution in [0, 0.1) is 0 Å². The molecule has 28 heavy (non-hydrogen) atoms. The molecular formula is C21H30ClN3O2S. The van der Waals surface area contributed by atoms with E-state index in [2.05, 4.69) is 37.5 Å². The Hall–Kier alpha value is -1.50. The van der Waals surface area contributed by atoms with E-state index in [1.807, 2.05) is 24.3 Å². The summed E-state index contributed by atoms with van der Waals surface area (Å²) < 4.78 is 0. The molecule has 2 N–H and O–H groups in total. The van der Waals surface area contributed by atoms with Crippen molar-refractivity contribution in [2.45, 2.75) is 38.6 Å². The number of halogens is 1. The van der Waals surface area contributed by atoms with Crippen LogP contribution in [-0.2, 0) is 10.2 Å². The van der Waals surface area contributed by atoms with Crippen LogP contribution >= 0.6 is 24.2 Å². The van der Waals surface area contributed by atoms with E-state index in [0.29, 0.717) is 23.7 Å². The third-order valence-corrected chi connectivity index (χ3v) is 6.10. The van der Waals surface area contributed by atoms with Crippen LogP contribution in [0.15, 0.2) is 35.9 Å². The molecule has 7 heteroatoms. The molecule has 0 aliphatic carbocycles. The molecule has 1 aromatic carbocycles. The summed E-state index contributed by atoms with van der Waals surface area (Å²) in [5, 5.41) is 6.28. The Kier molecular flexibility index (Phi) is 7.98. The lowest BCUT2D eigenvalue weighted by atomic mass is 9.86. The fourth-order valence-electron chi connectivity index (χ4n) is 3.29. The van der Waals surface area contributed by atoms with Gasteiger partial charge in [-0.05, 0) is 36.1 Å². The summed E-state index contributed by atoms with van der Waals surface area (Å²) in [6.45, 7) is 8.84. The molecule has 1 fully saturated rings. The van der Waals surface area contributed by atoms with Gasteiger partial charge in [-0.15, -0.1) is 24.2 Å². The molecule has 1 aromatic rings. The van der Waals surface area contributed by atoms with Crippen LogP contribution in [0.3, 0.4) is 0 Å². The predicted octanol–water partition coefficient (Wildman–Crippen LogP) is 2.96. The zero-order chi connectivity index (χ0) is 19.4. The summed E-state index contributed by atoms with van der Waals surface area (Å²) >= 11 is 1.63. The summed E-state index contributed by atoms with van der Waals surface area (Å²) in [5.74, 6) is 1.09. The van der Waals surface area contributed by atoms with E-state index in [9.17, 15) is 9.59 Å². The largest absolute Gasteiger partial charge is 0.351 e. The van der Waals surface area contributed by atoms with E-state index in [0.717, 1.165) is 19.5 Å². The summed E-state index contributed by atoms with van der Waals surface area (Å²) in [7, 11) is 0. The predicted molar refractivity (Wildman–Crippen MR) is 118 cm³/mol. The lowest BCUT2D eigenvalue weighted by Crippen LogP contribution is -2.47. The van der Waals surface area contributed by atoms with Crippen LogP contribution in [-0.4, -0.2) is 54.0 Å². The zero-order valence-electron chi connectivity index (χ0n) is 16.8. The molecule has 0 saturated carbocycles. The maximum atomic E-state index is 12.9. The normalized spacial score (nSPS) is 19.6. The highest BCUT2D eigenvalue weighted by atomic mass is 35.5. The number of carbonyl (C=O) groups excluding carboxylic acids is 2. The van der Waals surface area contributed by atoms with Crippen molar-refractivity contribution in [2.24, 2.45) is 0 Å². The van der Waals surface area contributed by atoms with Gasteiger partial charge in [0.1, 0.15) is 6.04 Å². The van der Waals surface area contributed by atoms with E-state index >= 15 is 0 Å². The lowest BCUT2D eigenvalue weighted by molar-refractivity contribution is -0.124. The number of benzene rings is 1. The minimum atomic E-state index is -0.396. The second kappa shape index (κ2) is 9.81. The van der Waals surface area contributed by atoms with Gasteiger partial charge in [0.15, 0.2) is 0 Å². The summed E-state index contributed by atoms with van der Waals surface area (Å²) in [6, 6.07) is 7.37. The van der Waals surface area contributed by atoms with E-state index < -0.39 is 6.04 Å². The average Bonchev–Trinajstić information content (AvgIpc) is 3.15. The van der Waals surface area contributed by atoms with Gasteiger partial charge in [0, 0.05) is 24.4 Å². The van der Waals surface area contributed by atoms with Crippen molar-refractivity contribution in [1.29, 1.82) is 0 Å². The molecule has 2 aliphatic rings. The molecule has 1 atom stereocenters. The van der Waals surface area contributed by atoms with E-state index in [1.54, 1.807) is 16.7 Å². The van der Waals surface area contributed by atoms with Gasteiger partial charge < -0.3 is 15.5 Å². The van der Waals surface area contributed by atoms with Crippen LogP contribution in [0.25, 0.3) is 0 Å². The Bertz CT molecular complexity index is 728. The van der Waals surface area contributed by atoms with Gasteiger partial charge in [-0.25, -0.2) is 0 Å². The molecule has 154 valence electrons. The molecule has 2 heterocycles. The fraction of sp³-hybridized carbons (Fsp3) is 0.524. The highest BCUT2D eigenvalue weighted by molar-refractivity contribution is 7.99. The molecule has 0 bridgehead atoms. The van der Waals surface area contributed by atoms with Crippen LogP contribution < -0.4 is 10.6 Å². The van der Waals surface area contributed by atoms with Crippen LogP contribution in [0.5, 0.6) is 0 Å². The van der Waals surface area contributed by atoms with Gasteiger partial charge >= 0.3 is 0 Å². The molecular weight excluding hydrogens is 394 g/mol. The van der Waals surface area contributed by atoms with E-state index in [4.69, 9.17) is 0 Å². The average molecular weight is 424 g/mol. The third-order valence-electron chi connectivity index (χ3n) is 5.09. The van der Waals surface area contributed by atoms with Gasteiger partial charge in [0.25, 0.3) is 5.91 Å². The Morgan fingerprint density at radius 3 is 2.57 bits per heavy atom. The first-order chi connectivity index (χ1) is 12.9. The van der Waals surface area contributed by atoms with E-state index in [1.165, 1.54) is 11.1 Å². The van der Waals surface area contributed by atoms with Crippen LogP contribution in [0.2, 0.25) is 0 Å². The first kappa shape index (κ1) is 22.8. The first-order valence-electron chi connectivity index (χ1n) is 9.52. The quantitative estimate of drug-likeness (QED) is 0.731. The molecule has 3 rings (SSSR count).